The molecule has 2 rings (SSSR count). The van der Waals surface area contributed by atoms with Gasteiger partial charge in [-0.05, 0) is 37.7 Å². The van der Waals surface area contributed by atoms with Crippen molar-refractivity contribution in [1.82, 2.24) is 20.2 Å². The lowest BCUT2D eigenvalue weighted by Crippen LogP contribution is -2.49. The molecule has 0 bridgehead atoms. The molecule has 1 aromatic rings. The number of aryl methyl sites for hydroxylation is 1. The average molecular weight is 303 g/mol. The molecule has 2 heterocycles. The van der Waals surface area contributed by atoms with Gasteiger partial charge in [0.2, 0.25) is 0 Å². The number of aromatic nitrogens is 2. The fraction of sp³-hybridized carbons (Fsp3) is 0.706. The van der Waals surface area contributed by atoms with Crippen LogP contribution in [0.1, 0.15) is 51.0 Å². The Hall–Kier alpha value is -1.65. The van der Waals surface area contributed by atoms with E-state index >= 15 is 0 Å². The van der Waals surface area contributed by atoms with Crippen LogP contribution >= 0.6 is 0 Å². The summed E-state index contributed by atoms with van der Waals surface area (Å²) in [6.07, 6.45) is 6.90. The van der Waals surface area contributed by atoms with Crippen molar-refractivity contribution in [3.05, 3.63) is 23.8 Å². The standard InChI is InChI=1S/C17H29N5/c1-5-8-17(3)9-6-11-22(13-17)16(18-4)20-12-15-7-10-19-14(2)21-15/h7,10H,5-6,8-9,11-13H2,1-4H3,(H,18,20). The smallest absolute Gasteiger partial charge is 0.193 e. The van der Waals surface area contributed by atoms with Crippen LogP contribution in [0.25, 0.3) is 0 Å². The predicted molar refractivity (Wildman–Crippen MR) is 90.8 cm³/mol. The van der Waals surface area contributed by atoms with Gasteiger partial charge in [0.1, 0.15) is 5.82 Å². The Balaban J connectivity index is 1.96. The lowest BCUT2D eigenvalue weighted by atomic mass is 9.78. The maximum Gasteiger partial charge on any atom is 0.193 e. The summed E-state index contributed by atoms with van der Waals surface area (Å²) in [5.41, 5.74) is 1.41. The summed E-state index contributed by atoms with van der Waals surface area (Å²) in [5, 5.41) is 3.45. The van der Waals surface area contributed by atoms with Crippen LogP contribution in [-0.4, -0.2) is 41.0 Å². The van der Waals surface area contributed by atoms with Crippen molar-refractivity contribution in [3.63, 3.8) is 0 Å². The quantitative estimate of drug-likeness (QED) is 0.686. The lowest BCUT2D eigenvalue weighted by Gasteiger charge is -2.42. The van der Waals surface area contributed by atoms with Crippen molar-refractivity contribution in [2.24, 2.45) is 10.4 Å². The summed E-state index contributed by atoms with van der Waals surface area (Å²) in [4.78, 5) is 15.4. The summed E-state index contributed by atoms with van der Waals surface area (Å²) in [7, 11) is 1.86. The van der Waals surface area contributed by atoms with Crippen molar-refractivity contribution >= 4 is 5.96 Å². The number of piperidine rings is 1. The molecule has 1 aliphatic rings. The van der Waals surface area contributed by atoms with Crippen LogP contribution in [-0.2, 0) is 6.54 Å². The first-order valence-corrected chi connectivity index (χ1v) is 8.30. The first kappa shape index (κ1) is 16.7. The van der Waals surface area contributed by atoms with E-state index in [4.69, 9.17) is 0 Å². The molecule has 0 saturated carbocycles. The highest BCUT2D eigenvalue weighted by Gasteiger charge is 2.31. The molecule has 0 radical (unpaired) electrons. The van der Waals surface area contributed by atoms with E-state index in [2.05, 4.69) is 39.0 Å². The second-order valence-electron chi connectivity index (χ2n) is 6.58. The van der Waals surface area contributed by atoms with Gasteiger partial charge in [0.25, 0.3) is 0 Å². The maximum atomic E-state index is 4.46. The molecular weight excluding hydrogens is 274 g/mol. The van der Waals surface area contributed by atoms with Crippen molar-refractivity contribution in [2.45, 2.75) is 53.0 Å². The third-order valence-electron chi connectivity index (χ3n) is 4.41. The zero-order valence-corrected chi connectivity index (χ0v) is 14.4. The van der Waals surface area contributed by atoms with Gasteiger partial charge in [-0.25, -0.2) is 9.97 Å². The molecule has 1 aromatic heterocycles. The number of nitrogens with one attached hydrogen (secondary N) is 1. The summed E-state index contributed by atoms with van der Waals surface area (Å²) >= 11 is 0. The third kappa shape index (κ3) is 4.42. The van der Waals surface area contributed by atoms with Gasteiger partial charge in [-0.1, -0.05) is 20.3 Å². The van der Waals surface area contributed by atoms with Crippen LogP contribution in [0, 0.1) is 12.3 Å². The number of hydrogen-bond acceptors (Lipinski definition) is 3. The Labute approximate surface area is 134 Å². The number of aliphatic imine (C=N–C) groups is 1. The summed E-state index contributed by atoms with van der Waals surface area (Å²) in [6, 6.07) is 1.95. The summed E-state index contributed by atoms with van der Waals surface area (Å²) in [5.74, 6) is 1.79. The van der Waals surface area contributed by atoms with Crippen LogP contribution in [0.15, 0.2) is 17.3 Å². The van der Waals surface area contributed by atoms with Crippen LogP contribution in [0.5, 0.6) is 0 Å². The van der Waals surface area contributed by atoms with Gasteiger partial charge in [-0.2, -0.15) is 0 Å². The number of guanidine groups is 1. The first-order valence-electron chi connectivity index (χ1n) is 8.30. The zero-order valence-electron chi connectivity index (χ0n) is 14.4. The second kappa shape index (κ2) is 7.56. The van der Waals surface area contributed by atoms with E-state index in [1.54, 1.807) is 6.20 Å². The molecule has 1 aliphatic heterocycles. The highest BCUT2D eigenvalue weighted by Crippen LogP contribution is 2.33. The van der Waals surface area contributed by atoms with Crippen LogP contribution in [0.4, 0.5) is 0 Å². The molecule has 5 heteroatoms. The fourth-order valence-corrected chi connectivity index (χ4v) is 3.41. The normalized spacial score (nSPS) is 22.7. The second-order valence-corrected chi connectivity index (χ2v) is 6.58. The van der Waals surface area contributed by atoms with E-state index in [0.29, 0.717) is 12.0 Å². The molecule has 1 fully saturated rings. The number of rotatable bonds is 4. The van der Waals surface area contributed by atoms with Gasteiger partial charge in [-0.3, -0.25) is 4.99 Å². The van der Waals surface area contributed by atoms with Crippen molar-refractivity contribution in [3.8, 4) is 0 Å². The van der Waals surface area contributed by atoms with Gasteiger partial charge >= 0.3 is 0 Å². The van der Waals surface area contributed by atoms with E-state index in [1.165, 1.54) is 25.7 Å². The predicted octanol–water partition coefficient (Wildman–Crippen LogP) is 2.76. The highest BCUT2D eigenvalue weighted by atomic mass is 15.3. The molecule has 1 unspecified atom stereocenters. The fourth-order valence-electron chi connectivity index (χ4n) is 3.41. The monoisotopic (exact) mass is 303 g/mol. The van der Waals surface area contributed by atoms with Crippen LogP contribution in [0.2, 0.25) is 0 Å². The van der Waals surface area contributed by atoms with Gasteiger partial charge in [0.05, 0.1) is 12.2 Å². The number of nitrogens with zero attached hydrogens (tertiary/aromatic N) is 4. The van der Waals surface area contributed by atoms with E-state index in [-0.39, 0.29) is 0 Å². The van der Waals surface area contributed by atoms with E-state index in [0.717, 1.165) is 30.6 Å². The third-order valence-corrected chi connectivity index (χ3v) is 4.41. The molecule has 1 atom stereocenters. The number of hydrogen-bond donors (Lipinski definition) is 1. The number of likely N-dealkylation sites (tertiary alicyclic amines) is 1. The minimum atomic E-state index is 0.413. The minimum Gasteiger partial charge on any atom is -0.351 e. The van der Waals surface area contributed by atoms with Crippen molar-refractivity contribution in [1.29, 1.82) is 0 Å². The molecule has 122 valence electrons. The van der Waals surface area contributed by atoms with Gasteiger partial charge in [0.15, 0.2) is 5.96 Å². The van der Waals surface area contributed by atoms with E-state index in [9.17, 15) is 0 Å². The average Bonchev–Trinajstić information content (AvgIpc) is 2.48. The Morgan fingerprint density at radius 1 is 1.50 bits per heavy atom. The van der Waals surface area contributed by atoms with Crippen LogP contribution in [0.3, 0.4) is 0 Å². The van der Waals surface area contributed by atoms with Crippen molar-refractivity contribution < 1.29 is 0 Å². The van der Waals surface area contributed by atoms with E-state index in [1.807, 2.05) is 20.0 Å². The summed E-state index contributed by atoms with van der Waals surface area (Å²) in [6.45, 7) is 9.46. The molecule has 5 nitrogen and oxygen atoms in total. The molecule has 1 saturated heterocycles. The Kier molecular flexibility index (Phi) is 5.75. The van der Waals surface area contributed by atoms with Crippen LogP contribution < -0.4 is 5.32 Å². The molecular formula is C17H29N5. The van der Waals surface area contributed by atoms with Crippen molar-refractivity contribution in [2.75, 3.05) is 20.1 Å². The van der Waals surface area contributed by atoms with Gasteiger partial charge in [0, 0.05) is 26.3 Å². The molecule has 1 N–H and O–H groups in total. The highest BCUT2D eigenvalue weighted by molar-refractivity contribution is 5.80. The van der Waals surface area contributed by atoms with E-state index < -0.39 is 0 Å². The molecule has 0 aliphatic carbocycles. The largest absolute Gasteiger partial charge is 0.351 e. The van der Waals surface area contributed by atoms with Gasteiger partial charge < -0.3 is 10.2 Å². The lowest BCUT2D eigenvalue weighted by molar-refractivity contribution is 0.142. The molecule has 0 aromatic carbocycles. The summed E-state index contributed by atoms with van der Waals surface area (Å²) < 4.78 is 0. The van der Waals surface area contributed by atoms with Gasteiger partial charge in [-0.15, -0.1) is 0 Å². The Morgan fingerprint density at radius 2 is 2.32 bits per heavy atom. The minimum absolute atomic E-state index is 0.413. The SMILES string of the molecule is CCCC1(C)CCCN(C(=NC)NCc2ccnc(C)n2)C1. The topological polar surface area (TPSA) is 53.4 Å². The molecule has 22 heavy (non-hydrogen) atoms. The molecule has 0 spiro atoms. The zero-order chi connectivity index (χ0) is 16.0. The Bertz CT molecular complexity index is 510. The first-order chi connectivity index (χ1) is 10.6. The maximum absolute atomic E-state index is 4.46. The molecule has 0 amide bonds. The Morgan fingerprint density at radius 3 is 3.00 bits per heavy atom.